The van der Waals surface area contributed by atoms with Crippen LogP contribution in [0.2, 0.25) is 0 Å². The van der Waals surface area contributed by atoms with Gasteiger partial charge in [0.05, 0.1) is 4.86 Å². The van der Waals surface area contributed by atoms with Crippen molar-refractivity contribution in [2.24, 2.45) is 0 Å². The summed E-state index contributed by atoms with van der Waals surface area (Å²) < 4.78 is 20.9. The number of rotatable bonds is 2. The van der Waals surface area contributed by atoms with Crippen molar-refractivity contribution in [2.75, 3.05) is 0 Å². The lowest BCUT2D eigenvalue weighted by molar-refractivity contribution is -0.127. The average molecular weight is 198 g/mol. The minimum atomic E-state index is -2.25. The van der Waals surface area contributed by atoms with Gasteiger partial charge in [-0.3, -0.25) is 9.59 Å². The Balaban J connectivity index is 2.95. The maximum absolute atomic E-state index is 10.8. The lowest BCUT2D eigenvalue weighted by Crippen LogP contribution is -2.07. The number of allylic oxidation sites excluding steroid dienone is 4. The largest absolute Gasteiger partial charge is 0.294 e. The lowest BCUT2D eigenvalue weighted by Gasteiger charge is -2.01. The summed E-state index contributed by atoms with van der Waals surface area (Å²) in [4.78, 5) is 21.1. The maximum atomic E-state index is 10.8. The van der Waals surface area contributed by atoms with E-state index in [2.05, 4.69) is 0 Å². The molecule has 0 fully saturated rings. The van der Waals surface area contributed by atoms with Gasteiger partial charge >= 0.3 is 0 Å². The molecule has 0 spiro atoms. The van der Waals surface area contributed by atoms with Gasteiger partial charge in [0.25, 0.3) is 0 Å². The number of Topliss-reactive ketones (excluding diaryl/α,β-unsaturated/α-hetero) is 1. The highest BCUT2D eigenvalue weighted by Gasteiger charge is 2.09. The SMILES string of the molecule is O=CC(=O)C1=CCC(=S(=O)=O)C=C1. The lowest BCUT2D eigenvalue weighted by atomic mass is 10.0. The second-order valence-electron chi connectivity index (χ2n) is 2.38. The first-order valence-corrected chi connectivity index (χ1v) is 4.55. The minimum Gasteiger partial charge on any atom is -0.294 e. The summed E-state index contributed by atoms with van der Waals surface area (Å²) >= 11 is 0. The molecular formula is C8H6O4S. The predicted molar refractivity (Wildman–Crippen MR) is 46.8 cm³/mol. The number of carbonyl (C=O) groups excluding carboxylic acids is 2. The third kappa shape index (κ3) is 2.22. The summed E-state index contributed by atoms with van der Waals surface area (Å²) in [5.41, 5.74) is 0.240. The molecule has 0 aromatic rings. The Morgan fingerprint density at radius 3 is 2.46 bits per heavy atom. The van der Waals surface area contributed by atoms with Crippen molar-refractivity contribution >= 4 is 27.2 Å². The van der Waals surface area contributed by atoms with Crippen molar-refractivity contribution in [3.05, 3.63) is 23.8 Å². The zero-order chi connectivity index (χ0) is 9.84. The molecule has 0 aliphatic heterocycles. The summed E-state index contributed by atoms with van der Waals surface area (Å²) in [7, 11) is -2.25. The molecule has 0 atom stereocenters. The van der Waals surface area contributed by atoms with E-state index in [1.165, 1.54) is 18.2 Å². The van der Waals surface area contributed by atoms with Gasteiger partial charge in [-0.2, -0.15) is 8.42 Å². The Hall–Kier alpha value is -1.49. The molecule has 0 aromatic heterocycles. The van der Waals surface area contributed by atoms with Crippen LogP contribution in [0.5, 0.6) is 0 Å². The first-order chi connectivity index (χ1) is 6.15. The van der Waals surface area contributed by atoms with Crippen LogP contribution in [0.25, 0.3) is 0 Å². The van der Waals surface area contributed by atoms with Crippen LogP contribution >= 0.6 is 0 Å². The van der Waals surface area contributed by atoms with E-state index in [1.54, 1.807) is 0 Å². The van der Waals surface area contributed by atoms with Gasteiger partial charge in [-0.25, -0.2) is 0 Å². The highest BCUT2D eigenvalue weighted by atomic mass is 32.2. The fourth-order valence-electron chi connectivity index (χ4n) is 0.904. The van der Waals surface area contributed by atoms with E-state index in [0.717, 1.165) is 0 Å². The van der Waals surface area contributed by atoms with Gasteiger partial charge in [0, 0.05) is 12.0 Å². The van der Waals surface area contributed by atoms with E-state index in [4.69, 9.17) is 0 Å². The smallest absolute Gasteiger partial charge is 0.225 e. The molecule has 0 unspecified atom stereocenters. The first-order valence-electron chi connectivity index (χ1n) is 3.48. The Kier molecular flexibility index (Phi) is 2.92. The zero-order valence-electron chi connectivity index (χ0n) is 6.56. The molecule has 0 saturated carbocycles. The number of aldehydes is 1. The van der Waals surface area contributed by atoms with Crippen LogP contribution in [0, 0.1) is 0 Å². The quantitative estimate of drug-likeness (QED) is 0.347. The molecule has 4 nitrogen and oxygen atoms in total. The van der Waals surface area contributed by atoms with Crippen LogP contribution in [0.3, 0.4) is 0 Å². The minimum absolute atomic E-state index is 0.168. The third-order valence-electron chi connectivity index (χ3n) is 1.58. The zero-order valence-corrected chi connectivity index (χ0v) is 7.37. The maximum Gasteiger partial charge on any atom is 0.225 e. The molecule has 1 aliphatic rings. The average Bonchev–Trinajstić information content (AvgIpc) is 2.17. The van der Waals surface area contributed by atoms with Crippen LogP contribution in [-0.2, 0) is 19.9 Å². The summed E-state index contributed by atoms with van der Waals surface area (Å²) in [6, 6.07) is 0. The Labute approximate surface area is 76.1 Å². The molecule has 0 N–H and O–H groups in total. The first kappa shape index (κ1) is 9.60. The fourth-order valence-corrected chi connectivity index (χ4v) is 1.30. The number of hydrogen-bond donors (Lipinski definition) is 0. The van der Waals surface area contributed by atoms with Gasteiger partial charge in [-0.05, 0) is 12.2 Å². The van der Waals surface area contributed by atoms with Crippen molar-refractivity contribution < 1.29 is 18.0 Å². The van der Waals surface area contributed by atoms with E-state index in [1.807, 2.05) is 0 Å². The molecule has 0 radical (unpaired) electrons. The van der Waals surface area contributed by atoms with Crippen molar-refractivity contribution in [1.29, 1.82) is 0 Å². The normalized spacial score (nSPS) is 15.1. The Morgan fingerprint density at radius 2 is 2.08 bits per heavy atom. The topological polar surface area (TPSA) is 68.3 Å². The van der Waals surface area contributed by atoms with Crippen molar-refractivity contribution in [3.63, 3.8) is 0 Å². The number of hydrogen-bond acceptors (Lipinski definition) is 4. The Bertz CT molecular complexity index is 429. The molecule has 1 rings (SSSR count). The molecule has 1 aliphatic carbocycles. The molecule has 0 saturated heterocycles. The van der Waals surface area contributed by atoms with Gasteiger partial charge in [0.15, 0.2) is 6.29 Å². The number of ketones is 1. The van der Waals surface area contributed by atoms with Gasteiger partial charge < -0.3 is 0 Å². The van der Waals surface area contributed by atoms with E-state index >= 15 is 0 Å². The van der Waals surface area contributed by atoms with E-state index in [-0.39, 0.29) is 23.1 Å². The summed E-state index contributed by atoms with van der Waals surface area (Å²) in [5.74, 6) is -0.632. The van der Waals surface area contributed by atoms with Crippen molar-refractivity contribution in [1.82, 2.24) is 0 Å². The van der Waals surface area contributed by atoms with E-state index in [9.17, 15) is 18.0 Å². The van der Waals surface area contributed by atoms with Crippen LogP contribution in [-0.4, -0.2) is 25.4 Å². The van der Waals surface area contributed by atoms with Crippen LogP contribution < -0.4 is 0 Å². The molecule has 0 heterocycles. The van der Waals surface area contributed by atoms with Crippen LogP contribution in [0.15, 0.2) is 23.8 Å². The predicted octanol–water partition coefficient (Wildman–Crippen LogP) is -0.308. The standard InChI is InChI=1S/C8H6O4S/c9-5-8(10)6-1-3-7(4-2-6)13(11)12/h1-3,5H,4H2. The molecule has 0 aromatic carbocycles. The highest BCUT2D eigenvalue weighted by molar-refractivity contribution is 7.73. The second kappa shape index (κ2) is 3.95. The molecule has 0 bridgehead atoms. The monoisotopic (exact) mass is 198 g/mol. The van der Waals surface area contributed by atoms with E-state index in [0.29, 0.717) is 0 Å². The van der Waals surface area contributed by atoms with E-state index < -0.39 is 16.1 Å². The van der Waals surface area contributed by atoms with Crippen molar-refractivity contribution in [3.8, 4) is 0 Å². The number of carbonyl (C=O) groups is 2. The van der Waals surface area contributed by atoms with Crippen LogP contribution in [0.4, 0.5) is 0 Å². The second-order valence-corrected chi connectivity index (χ2v) is 3.37. The van der Waals surface area contributed by atoms with Crippen LogP contribution in [0.1, 0.15) is 6.42 Å². The third-order valence-corrected chi connectivity index (χ3v) is 2.31. The fraction of sp³-hybridized carbons (Fsp3) is 0.125. The summed E-state index contributed by atoms with van der Waals surface area (Å²) in [6.45, 7) is 0. The van der Waals surface area contributed by atoms with Gasteiger partial charge in [0.2, 0.25) is 16.1 Å². The summed E-state index contributed by atoms with van der Waals surface area (Å²) in [6.07, 6.45) is 4.43. The Morgan fingerprint density at radius 1 is 1.38 bits per heavy atom. The van der Waals surface area contributed by atoms with Gasteiger partial charge in [-0.15, -0.1) is 0 Å². The molecular weight excluding hydrogens is 192 g/mol. The van der Waals surface area contributed by atoms with Gasteiger partial charge in [-0.1, -0.05) is 6.08 Å². The molecule has 68 valence electrons. The molecule has 0 amide bonds. The van der Waals surface area contributed by atoms with Gasteiger partial charge in [0.1, 0.15) is 0 Å². The summed E-state index contributed by atoms with van der Waals surface area (Å²) in [5, 5.41) is 0. The molecule has 5 heteroatoms. The highest BCUT2D eigenvalue weighted by Crippen LogP contribution is 2.07. The molecule has 13 heavy (non-hydrogen) atoms. The van der Waals surface area contributed by atoms with Crippen molar-refractivity contribution in [2.45, 2.75) is 6.42 Å².